The van der Waals surface area contributed by atoms with Crippen LogP contribution in [0.4, 0.5) is 11.6 Å². The molecule has 3 rings (SSSR count). The van der Waals surface area contributed by atoms with E-state index in [0.29, 0.717) is 5.56 Å². The van der Waals surface area contributed by atoms with Gasteiger partial charge in [0.25, 0.3) is 0 Å². The number of fused-ring (bicyclic) bond motifs is 1. The Hall–Kier alpha value is -3.09. The lowest BCUT2D eigenvalue weighted by molar-refractivity contribution is -0.385. The summed E-state index contributed by atoms with van der Waals surface area (Å²) in [5, 5.41) is 13.0. The molecule has 2 N–H and O–H groups in total. The minimum absolute atomic E-state index is 0.000958. The Bertz CT molecular complexity index is 858. The number of nitrogen functional groups attached to an aromatic ring is 1. The van der Waals surface area contributed by atoms with Gasteiger partial charge in [-0.2, -0.15) is 0 Å². The van der Waals surface area contributed by atoms with Gasteiger partial charge in [0.15, 0.2) is 5.69 Å². The van der Waals surface area contributed by atoms with Gasteiger partial charge in [0.05, 0.1) is 4.92 Å². The molecule has 0 fully saturated rings. The summed E-state index contributed by atoms with van der Waals surface area (Å²) in [6.07, 6.45) is 3.25. The minimum atomic E-state index is -0.494. The maximum Gasteiger partial charge on any atom is 0.316 e. The van der Waals surface area contributed by atoms with Gasteiger partial charge in [0, 0.05) is 23.3 Å². The van der Waals surface area contributed by atoms with Crippen LogP contribution in [0.25, 0.3) is 22.0 Å². The van der Waals surface area contributed by atoms with E-state index >= 15 is 0 Å². The highest BCUT2D eigenvalue weighted by molar-refractivity contribution is 5.96. The average Bonchev–Trinajstić information content (AvgIpc) is 2.45. The summed E-state index contributed by atoms with van der Waals surface area (Å²) in [6, 6.07) is 7.48. The molecule has 7 heteroatoms. The summed E-state index contributed by atoms with van der Waals surface area (Å²) in [5.74, 6) is 0.000958. The number of nitro groups is 1. The van der Waals surface area contributed by atoms with Crippen LogP contribution in [-0.4, -0.2) is 19.9 Å². The fourth-order valence-electron chi connectivity index (χ4n) is 2.30. The first-order valence-corrected chi connectivity index (χ1v) is 6.19. The number of aryl methyl sites for hydroxylation is 1. The summed E-state index contributed by atoms with van der Waals surface area (Å²) in [6.45, 7) is 1.54. The molecule has 0 aliphatic rings. The highest BCUT2D eigenvalue weighted by Crippen LogP contribution is 2.34. The van der Waals surface area contributed by atoms with E-state index in [4.69, 9.17) is 5.73 Å². The maximum atomic E-state index is 11.3. The molecule has 0 amide bonds. The van der Waals surface area contributed by atoms with E-state index < -0.39 is 4.92 Å². The van der Waals surface area contributed by atoms with Crippen molar-refractivity contribution in [2.45, 2.75) is 6.92 Å². The normalized spacial score (nSPS) is 10.7. The number of nitrogens with zero attached hydrogens (tertiary/aromatic N) is 4. The number of hydrogen-bond acceptors (Lipinski definition) is 6. The zero-order valence-electron chi connectivity index (χ0n) is 11.1. The summed E-state index contributed by atoms with van der Waals surface area (Å²) in [4.78, 5) is 22.9. The molecule has 0 saturated carbocycles. The van der Waals surface area contributed by atoms with Crippen molar-refractivity contribution in [3.8, 4) is 11.3 Å². The molecule has 0 aliphatic carbocycles. The van der Waals surface area contributed by atoms with Gasteiger partial charge >= 0.3 is 5.69 Å². The Morgan fingerprint density at radius 2 is 1.95 bits per heavy atom. The molecule has 104 valence electrons. The van der Waals surface area contributed by atoms with Gasteiger partial charge in [-0.1, -0.05) is 24.3 Å². The van der Waals surface area contributed by atoms with Gasteiger partial charge in [-0.15, -0.1) is 0 Å². The number of hydrogen-bond donors (Lipinski definition) is 1. The largest absolute Gasteiger partial charge is 0.368 e. The van der Waals surface area contributed by atoms with Crippen molar-refractivity contribution in [2.24, 2.45) is 0 Å². The molecule has 7 nitrogen and oxygen atoms in total. The molecule has 2 heterocycles. The lowest BCUT2D eigenvalue weighted by Gasteiger charge is -2.08. The van der Waals surface area contributed by atoms with Gasteiger partial charge in [-0.3, -0.25) is 15.1 Å². The Kier molecular flexibility index (Phi) is 2.94. The van der Waals surface area contributed by atoms with Crippen molar-refractivity contribution in [1.82, 2.24) is 15.0 Å². The highest BCUT2D eigenvalue weighted by atomic mass is 16.6. The number of benzene rings is 1. The van der Waals surface area contributed by atoms with Gasteiger partial charge in [-0.05, 0) is 12.3 Å². The lowest BCUT2D eigenvalue weighted by atomic mass is 10.0. The number of anilines is 1. The van der Waals surface area contributed by atoms with Crippen molar-refractivity contribution in [3.05, 3.63) is 52.5 Å². The molecule has 0 aliphatic heterocycles. The fourth-order valence-corrected chi connectivity index (χ4v) is 2.30. The van der Waals surface area contributed by atoms with Crippen LogP contribution in [0.3, 0.4) is 0 Å². The summed E-state index contributed by atoms with van der Waals surface area (Å²) < 4.78 is 0. The number of aromatic nitrogens is 3. The summed E-state index contributed by atoms with van der Waals surface area (Å²) >= 11 is 0. The molecule has 0 spiro atoms. The molecular formula is C14H11N5O2. The van der Waals surface area contributed by atoms with Crippen LogP contribution in [0.1, 0.15) is 5.69 Å². The van der Waals surface area contributed by atoms with Crippen molar-refractivity contribution >= 4 is 22.4 Å². The quantitative estimate of drug-likeness (QED) is 0.571. The number of pyridine rings is 1. The Balaban J connectivity index is 2.41. The maximum absolute atomic E-state index is 11.3. The lowest BCUT2D eigenvalue weighted by Crippen LogP contribution is -2.05. The van der Waals surface area contributed by atoms with Gasteiger partial charge in [0.2, 0.25) is 5.95 Å². The van der Waals surface area contributed by atoms with E-state index in [1.54, 1.807) is 12.4 Å². The third kappa shape index (κ3) is 2.14. The van der Waals surface area contributed by atoms with Crippen molar-refractivity contribution < 1.29 is 4.92 Å². The first-order valence-electron chi connectivity index (χ1n) is 6.19. The highest BCUT2D eigenvalue weighted by Gasteiger charge is 2.24. The van der Waals surface area contributed by atoms with Gasteiger partial charge in [0.1, 0.15) is 5.69 Å². The second-order valence-corrected chi connectivity index (χ2v) is 4.53. The summed E-state index contributed by atoms with van der Waals surface area (Å²) in [7, 11) is 0. The van der Waals surface area contributed by atoms with E-state index in [9.17, 15) is 10.1 Å². The topological polar surface area (TPSA) is 108 Å². The van der Waals surface area contributed by atoms with E-state index in [1.807, 2.05) is 24.3 Å². The van der Waals surface area contributed by atoms with Gasteiger partial charge in [-0.25, -0.2) is 9.97 Å². The van der Waals surface area contributed by atoms with Crippen LogP contribution in [0, 0.1) is 17.0 Å². The number of nitrogens with two attached hydrogens (primary N) is 1. The molecule has 0 saturated heterocycles. The van der Waals surface area contributed by atoms with E-state index in [2.05, 4.69) is 15.0 Å². The van der Waals surface area contributed by atoms with E-state index in [1.165, 1.54) is 6.92 Å². The van der Waals surface area contributed by atoms with Crippen LogP contribution in [0.5, 0.6) is 0 Å². The van der Waals surface area contributed by atoms with Crippen molar-refractivity contribution in [2.75, 3.05) is 5.73 Å². The second-order valence-electron chi connectivity index (χ2n) is 4.53. The number of rotatable bonds is 2. The summed E-state index contributed by atoms with van der Waals surface area (Å²) in [5.41, 5.74) is 6.48. The third-order valence-electron chi connectivity index (χ3n) is 3.18. The van der Waals surface area contributed by atoms with Crippen LogP contribution in [0.15, 0.2) is 36.7 Å². The molecule has 0 bridgehead atoms. The molecule has 1 aromatic carbocycles. The molecule has 2 aromatic heterocycles. The van der Waals surface area contributed by atoms with Crippen LogP contribution < -0.4 is 5.73 Å². The van der Waals surface area contributed by atoms with Crippen LogP contribution in [0.2, 0.25) is 0 Å². The molecular weight excluding hydrogens is 270 g/mol. The fraction of sp³-hybridized carbons (Fsp3) is 0.0714. The smallest absolute Gasteiger partial charge is 0.316 e. The first-order chi connectivity index (χ1) is 10.1. The Labute approximate surface area is 119 Å². The zero-order chi connectivity index (χ0) is 15.0. The minimum Gasteiger partial charge on any atom is -0.368 e. The Morgan fingerprint density at radius 3 is 2.71 bits per heavy atom. The van der Waals surface area contributed by atoms with Gasteiger partial charge < -0.3 is 5.73 Å². The monoisotopic (exact) mass is 281 g/mol. The second kappa shape index (κ2) is 4.78. The molecule has 21 heavy (non-hydrogen) atoms. The molecule has 0 radical (unpaired) electrons. The van der Waals surface area contributed by atoms with Crippen molar-refractivity contribution in [1.29, 1.82) is 0 Å². The zero-order valence-corrected chi connectivity index (χ0v) is 11.1. The third-order valence-corrected chi connectivity index (χ3v) is 3.18. The molecule has 3 aromatic rings. The van der Waals surface area contributed by atoms with Crippen LogP contribution >= 0.6 is 0 Å². The molecule has 0 atom stereocenters. The van der Waals surface area contributed by atoms with E-state index in [0.717, 1.165) is 10.8 Å². The first kappa shape index (κ1) is 12.9. The SMILES string of the molecule is Cc1nc(N)nc(-c2cncc3ccccc23)c1[N+](=O)[O-]. The Morgan fingerprint density at radius 1 is 1.19 bits per heavy atom. The standard InChI is InChI=1S/C14H11N5O2/c1-8-13(19(20)21)12(18-14(15)17-8)11-7-16-6-9-4-2-3-5-10(9)11/h2-7H,1H3,(H2,15,17,18). The predicted octanol–water partition coefficient (Wildman–Crippen LogP) is 2.49. The predicted molar refractivity (Wildman–Crippen MR) is 78.6 cm³/mol. The molecule has 0 unspecified atom stereocenters. The average molecular weight is 281 g/mol. The van der Waals surface area contributed by atoms with Crippen LogP contribution in [-0.2, 0) is 0 Å². The van der Waals surface area contributed by atoms with Crippen molar-refractivity contribution in [3.63, 3.8) is 0 Å². The van der Waals surface area contributed by atoms with E-state index in [-0.39, 0.29) is 23.0 Å².